The van der Waals surface area contributed by atoms with Crippen molar-refractivity contribution >= 4 is 11.9 Å². The number of benzene rings is 3. The minimum Gasteiger partial charge on any atom is -0.508 e. The molecule has 7 N–H and O–H groups in total. The maximum atomic E-state index is 13.2. The lowest BCUT2D eigenvalue weighted by molar-refractivity contribution is -0.229. The summed E-state index contributed by atoms with van der Waals surface area (Å²) in [4.78, 5) is 26.3. The summed E-state index contributed by atoms with van der Waals surface area (Å²) < 4.78 is 17.4. The van der Waals surface area contributed by atoms with Gasteiger partial charge in [0.1, 0.15) is 47.4 Å². The molecule has 0 aliphatic carbocycles. The number of aliphatic hydroxyl groups excluding tert-OH is 4. The van der Waals surface area contributed by atoms with Crippen molar-refractivity contribution in [3.8, 4) is 23.0 Å². The van der Waals surface area contributed by atoms with Crippen molar-refractivity contribution in [2.75, 3.05) is 13.2 Å². The molecule has 5 atom stereocenters. The number of phenolic OH excluding ortho intramolecular Hbond substituents is 2. The van der Waals surface area contributed by atoms with Crippen LogP contribution in [0.4, 0.5) is 0 Å². The third-order valence-corrected chi connectivity index (χ3v) is 7.74. The molecule has 12 heteroatoms. The topological polar surface area (TPSA) is 195 Å². The SMILES string of the molecule is O=C(NCC[C@H]1O[C@H](CO)[C@@H](O)[C@H](O)[C@@H]1O)c1ccc2c(c1)C1(OC2=O)c2ccc(O)cc2Oc2cc(O)ccc21. The molecule has 41 heavy (non-hydrogen) atoms. The van der Waals surface area contributed by atoms with Crippen LogP contribution in [0.5, 0.6) is 23.0 Å². The monoisotopic (exact) mass is 565 g/mol. The summed E-state index contributed by atoms with van der Waals surface area (Å²) in [6, 6.07) is 13.2. The van der Waals surface area contributed by atoms with Crippen molar-refractivity contribution < 1.29 is 54.4 Å². The van der Waals surface area contributed by atoms with Crippen LogP contribution in [0.3, 0.4) is 0 Å². The maximum Gasteiger partial charge on any atom is 0.340 e. The number of nitrogens with one attached hydrogen (secondary N) is 1. The third kappa shape index (κ3) is 4.28. The third-order valence-electron chi connectivity index (χ3n) is 7.74. The van der Waals surface area contributed by atoms with Crippen LogP contribution in [-0.2, 0) is 15.1 Å². The van der Waals surface area contributed by atoms with E-state index in [0.29, 0.717) is 16.7 Å². The highest BCUT2D eigenvalue weighted by atomic mass is 16.6. The van der Waals surface area contributed by atoms with Gasteiger partial charge in [-0.3, -0.25) is 4.79 Å². The van der Waals surface area contributed by atoms with Gasteiger partial charge in [-0.05, 0) is 48.9 Å². The van der Waals surface area contributed by atoms with Crippen LogP contribution >= 0.6 is 0 Å². The van der Waals surface area contributed by atoms with Crippen molar-refractivity contribution in [1.29, 1.82) is 0 Å². The summed E-state index contributed by atoms with van der Waals surface area (Å²) in [5.41, 5.74) is 0.0987. The fraction of sp³-hybridized carbons (Fsp3) is 0.310. The van der Waals surface area contributed by atoms with Crippen molar-refractivity contribution in [3.63, 3.8) is 0 Å². The number of hydrogen-bond acceptors (Lipinski definition) is 11. The molecule has 3 aromatic carbocycles. The Morgan fingerprint density at radius 3 is 2.10 bits per heavy atom. The van der Waals surface area contributed by atoms with Gasteiger partial charge in [0.25, 0.3) is 5.91 Å². The van der Waals surface area contributed by atoms with Crippen LogP contribution in [0.15, 0.2) is 54.6 Å². The molecule has 1 fully saturated rings. The zero-order chi connectivity index (χ0) is 29.1. The number of aliphatic hydroxyl groups is 4. The Balaban J connectivity index is 1.30. The maximum absolute atomic E-state index is 13.2. The molecule has 1 saturated heterocycles. The van der Waals surface area contributed by atoms with Crippen LogP contribution in [0.2, 0.25) is 0 Å². The number of rotatable bonds is 5. The summed E-state index contributed by atoms with van der Waals surface area (Å²) in [5, 5.41) is 62.5. The number of amides is 1. The average Bonchev–Trinajstić information content (AvgIpc) is 3.24. The molecule has 3 aromatic rings. The van der Waals surface area contributed by atoms with Crippen molar-refractivity contribution in [1.82, 2.24) is 5.32 Å². The largest absolute Gasteiger partial charge is 0.508 e. The molecule has 3 aliphatic heterocycles. The summed E-state index contributed by atoms with van der Waals surface area (Å²) in [6.07, 6.45) is -6.31. The standard InChI is InChI=1S/C29H27NO11/c31-12-23-25(35)26(36)24(34)20(39-23)7-8-30-27(37)13-1-4-16-19(9-13)29(41-28(16)38)17-5-2-14(32)10-21(17)40-22-11-15(33)3-6-18(22)29/h1-6,9-11,20,23-26,31-36H,7-8,12H2,(H,30,37)/t20-,23-,24-,25-,26-/m1/s1. The predicted molar refractivity (Wildman–Crippen MR) is 139 cm³/mol. The minimum atomic E-state index is -1.52. The molecule has 0 saturated carbocycles. The van der Waals surface area contributed by atoms with Crippen LogP contribution in [0.25, 0.3) is 0 Å². The number of fused-ring (bicyclic) bond motifs is 6. The molecule has 3 aliphatic rings. The van der Waals surface area contributed by atoms with Crippen LogP contribution in [0, 0.1) is 0 Å². The Hall–Kier alpha value is -4.20. The summed E-state index contributed by atoms with van der Waals surface area (Å²) in [7, 11) is 0. The quantitative estimate of drug-likeness (QED) is 0.214. The molecule has 6 rings (SSSR count). The molecule has 12 nitrogen and oxygen atoms in total. The fourth-order valence-corrected chi connectivity index (χ4v) is 5.69. The van der Waals surface area contributed by atoms with E-state index in [0.717, 1.165) is 0 Å². The predicted octanol–water partition coefficient (Wildman–Crippen LogP) is 0.628. The molecule has 214 valence electrons. The summed E-state index contributed by atoms with van der Waals surface area (Å²) in [6.45, 7) is -0.529. The van der Waals surface area contributed by atoms with Gasteiger partial charge < -0.3 is 50.2 Å². The fourth-order valence-electron chi connectivity index (χ4n) is 5.69. The highest BCUT2D eigenvalue weighted by Gasteiger charge is 2.54. The number of phenols is 2. The molecule has 1 spiro atoms. The van der Waals surface area contributed by atoms with E-state index in [2.05, 4.69) is 5.32 Å². The van der Waals surface area contributed by atoms with Gasteiger partial charge in [0.15, 0.2) is 5.60 Å². The smallest absolute Gasteiger partial charge is 0.340 e. The van der Waals surface area contributed by atoms with Gasteiger partial charge in [-0.15, -0.1) is 0 Å². The molecule has 0 radical (unpaired) electrons. The Kier molecular flexibility index (Phi) is 6.59. The Morgan fingerprint density at radius 2 is 1.46 bits per heavy atom. The van der Waals surface area contributed by atoms with Crippen molar-refractivity contribution in [2.24, 2.45) is 0 Å². The lowest BCUT2D eigenvalue weighted by Gasteiger charge is -2.40. The summed E-state index contributed by atoms with van der Waals surface area (Å²) >= 11 is 0. The number of aromatic hydroxyl groups is 2. The zero-order valence-corrected chi connectivity index (χ0v) is 21.4. The number of ether oxygens (including phenoxy) is 3. The van der Waals surface area contributed by atoms with E-state index in [1.807, 2.05) is 0 Å². The average molecular weight is 566 g/mol. The highest BCUT2D eigenvalue weighted by molar-refractivity contribution is 6.00. The first kappa shape index (κ1) is 27.0. The van der Waals surface area contributed by atoms with Crippen LogP contribution < -0.4 is 10.1 Å². The van der Waals surface area contributed by atoms with Crippen LogP contribution in [-0.4, -0.2) is 86.2 Å². The number of hydrogen-bond donors (Lipinski definition) is 7. The number of carbonyl (C=O) groups is 2. The van der Waals surface area contributed by atoms with Crippen LogP contribution in [0.1, 0.15) is 43.8 Å². The second kappa shape index (κ2) is 10.0. The first-order chi connectivity index (χ1) is 19.6. The molecule has 0 unspecified atom stereocenters. The van der Waals surface area contributed by atoms with E-state index in [-0.39, 0.29) is 47.1 Å². The van der Waals surface area contributed by atoms with E-state index in [9.17, 15) is 40.2 Å². The van der Waals surface area contributed by atoms with E-state index in [4.69, 9.17) is 14.2 Å². The van der Waals surface area contributed by atoms with Gasteiger partial charge in [0.05, 0.1) is 18.3 Å². The summed E-state index contributed by atoms with van der Waals surface area (Å²) in [5.74, 6) is -0.888. The molecular formula is C29H27NO11. The first-order valence-electron chi connectivity index (χ1n) is 13.0. The lowest BCUT2D eigenvalue weighted by atomic mass is 9.77. The first-order valence-corrected chi connectivity index (χ1v) is 13.0. The van der Waals surface area contributed by atoms with E-state index < -0.39 is 54.6 Å². The van der Waals surface area contributed by atoms with E-state index >= 15 is 0 Å². The van der Waals surface area contributed by atoms with E-state index in [1.165, 1.54) is 42.5 Å². The number of esters is 1. The molecule has 0 aromatic heterocycles. The highest BCUT2D eigenvalue weighted by Crippen LogP contribution is 2.57. The Bertz CT molecular complexity index is 1490. The van der Waals surface area contributed by atoms with Gasteiger partial charge in [-0.2, -0.15) is 0 Å². The van der Waals surface area contributed by atoms with Gasteiger partial charge in [-0.25, -0.2) is 4.79 Å². The molecular weight excluding hydrogens is 538 g/mol. The normalized spacial score (nSPS) is 25.5. The van der Waals surface area contributed by atoms with Crippen molar-refractivity contribution in [2.45, 2.75) is 42.5 Å². The minimum absolute atomic E-state index is 0.0250. The lowest BCUT2D eigenvalue weighted by Crippen LogP contribution is -2.58. The Labute approximate surface area is 233 Å². The second-order valence-corrected chi connectivity index (χ2v) is 10.2. The van der Waals surface area contributed by atoms with Gasteiger partial charge in [0, 0.05) is 40.9 Å². The van der Waals surface area contributed by atoms with Gasteiger partial charge >= 0.3 is 5.97 Å². The van der Waals surface area contributed by atoms with E-state index in [1.54, 1.807) is 12.1 Å². The Morgan fingerprint density at radius 1 is 0.829 bits per heavy atom. The number of carbonyl (C=O) groups excluding carboxylic acids is 2. The van der Waals surface area contributed by atoms with Gasteiger partial charge in [-0.1, -0.05) is 0 Å². The zero-order valence-electron chi connectivity index (χ0n) is 21.4. The molecule has 0 bridgehead atoms. The molecule has 1 amide bonds. The van der Waals surface area contributed by atoms with Gasteiger partial charge in [0.2, 0.25) is 0 Å². The second-order valence-electron chi connectivity index (χ2n) is 10.2. The molecule has 3 heterocycles. The van der Waals surface area contributed by atoms with Crippen molar-refractivity contribution in [3.05, 3.63) is 82.4 Å².